The molecule has 4 nitrogen and oxygen atoms in total. The summed E-state index contributed by atoms with van der Waals surface area (Å²) in [6.45, 7) is 0.649. The van der Waals surface area contributed by atoms with Gasteiger partial charge in [0.15, 0.2) is 5.16 Å². The summed E-state index contributed by atoms with van der Waals surface area (Å²) < 4.78 is 1.82. The number of para-hydroxylation sites is 1. The fraction of sp³-hybridized carbons (Fsp3) is 0.174. The molecular weight excluding hydrogens is 366 g/mol. The van der Waals surface area contributed by atoms with Crippen molar-refractivity contribution in [3.05, 3.63) is 101 Å². The fourth-order valence-electron chi connectivity index (χ4n) is 3.16. The zero-order valence-electron chi connectivity index (χ0n) is 15.5. The third kappa shape index (κ3) is 4.31. The molecule has 0 atom stereocenters. The molecule has 0 radical (unpaired) electrons. The molecule has 0 fully saturated rings. The molecule has 2 aromatic carbocycles. The number of fused-ring (bicyclic) bond motifs is 1. The molecule has 0 amide bonds. The average Bonchev–Trinajstić information content (AvgIpc) is 2.75. The molecule has 4 aromatic rings. The lowest BCUT2D eigenvalue weighted by atomic mass is 10.1. The lowest BCUT2D eigenvalue weighted by Gasteiger charge is -2.13. The maximum absolute atomic E-state index is 13.1. The van der Waals surface area contributed by atoms with Gasteiger partial charge < -0.3 is 0 Å². The highest BCUT2D eigenvalue weighted by atomic mass is 32.2. The number of aryl methyl sites for hydroxylation is 1. The van der Waals surface area contributed by atoms with Crippen molar-refractivity contribution in [2.24, 2.45) is 0 Å². The van der Waals surface area contributed by atoms with Crippen LogP contribution in [-0.2, 0) is 18.7 Å². The van der Waals surface area contributed by atoms with E-state index in [0.717, 1.165) is 29.2 Å². The van der Waals surface area contributed by atoms with Gasteiger partial charge in [0.25, 0.3) is 5.56 Å². The Hall–Kier alpha value is -2.92. The van der Waals surface area contributed by atoms with E-state index >= 15 is 0 Å². The first-order valence-corrected chi connectivity index (χ1v) is 10.4. The number of pyridine rings is 1. The van der Waals surface area contributed by atoms with Crippen LogP contribution in [0.1, 0.15) is 17.7 Å². The Kier molecular flexibility index (Phi) is 5.83. The van der Waals surface area contributed by atoms with E-state index in [0.29, 0.717) is 17.7 Å². The van der Waals surface area contributed by atoms with Gasteiger partial charge in [-0.2, -0.15) is 0 Å². The molecule has 5 heteroatoms. The van der Waals surface area contributed by atoms with E-state index in [1.165, 1.54) is 5.56 Å². The molecule has 0 aliphatic rings. The number of rotatable bonds is 7. The van der Waals surface area contributed by atoms with Crippen LogP contribution < -0.4 is 5.56 Å². The van der Waals surface area contributed by atoms with Crippen LogP contribution in [0.25, 0.3) is 10.9 Å². The first-order valence-electron chi connectivity index (χ1n) is 9.37. The Morgan fingerprint density at radius 1 is 0.893 bits per heavy atom. The molecule has 0 saturated heterocycles. The van der Waals surface area contributed by atoms with Crippen molar-refractivity contribution >= 4 is 22.7 Å². The third-order valence-electron chi connectivity index (χ3n) is 4.59. The van der Waals surface area contributed by atoms with Crippen LogP contribution in [0.2, 0.25) is 0 Å². The van der Waals surface area contributed by atoms with E-state index in [1.807, 2.05) is 65.2 Å². The Balaban J connectivity index is 1.60. The molecule has 0 saturated carbocycles. The quantitative estimate of drug-likeness (QED) is 0.340. The molecule has 4 rings (SSSR count). The maximum Gasteiger partial charge on any atom is 0.262 e. The standard InChI is InChI=1S/C23H21N3OS/c27-22-20-13-4-5-14-21(20)25-23(28-17-19-12-6-7-15-24-19)26(22)16-8-11-18-9-2-1-3-10-18/h1-7,9-10,12-15H,8,11,16-17H2. The van der Waals surface area contributed by atoms with Gasteiger partial charge in [0.1, 0.15) is 0 Å². The molecule has 0 aliphatic heterocycles. The van der Waals surface area contributed by atoms with Gasteiger partial charge in [0, 0.05) is 18.5 Å². The second-order valence-corrected chi connectivity index (χ2v) is 7.51. The molecular formula is C23H21N3OS. The Bertz CT molecular complexity index is 1110. The summed E-state index contributed by atoms with van der Waals surface area (Å²) in [6, 6.07) is 23.8. The van der Waals surface area contributed by atoms with Gasteiger partial charge in [-0.15, -0.1) is 0 Å². The molecule has 2 heterocycles. The number of hydrogen-bond acceptors (Lipinski definition) is 4. The summed E-state index contributed by atoms with van der Waals surface area (Å²) in [5.41, 5.74) is 3.04. The minimum Gasteiger partial charge on any atom is -0.287 e. The summed E-state index contributed by atoms with van der Waals surface area (Å²) in [4.78, 5) is 22.2. The SMILES string of the molecule is O=c1c2ccccc2nc(SCc2ccccn2)n1CCCc1ccccc1. The number of benzene rings is 2. The summed E-state index contributed by atoms with van der Waals surface area (Å²) >= 11 is 1.56. The van der Waals surface area contributed by atoms with Gasteiger partial charge >= 0.3 is 0 Å². The van der Waals surface area contributed by atoms with Gasteiger partial charge in [-0.3, -0.25) is 14.3 Å². The molecule has 28 heavy (non-hydrogen) atoms. The van der Waals surface area contributed by atoms with Gasteiger partial charge in [0.05, 0.1) is 16.6 Å². The predicted octanol–water partition coefficient (Wildman–Crippen LogP) is 4.72. The molecule has 0 spiro atoms. The van der Waals surface area contributed by atoms with Gasteiger partial charge in [0.2, 0.25) is 0 Å². The average molecular weight is 388 g/mol. The van der Waals surface area contributed by atoms with Crippen LogP contribution in [0.4, 0.5) is 0 Å². The summed E-state index contributed by atoms with van der Waals surface area (Å²) in [7, 11) is 0. The minimum absolute atomic E-state index is 0.0298. The van der Waals surface area contributed by atoms with Crippen LogP contribution in [0.5, 0.6) is 0 Å². The Morgan fingerprint density at radius 2 is 1.68 bits per heavy atom. The minimum atomic E-state index is 0.0298. The van der Waals surface area contributed by atoms with Crippen LogP contribution in [0.3, 0.4) is 0 Å². The largest absolute Gasteiger partial charge is 0.287 e. The summed E-state index contributed by atoms with van der Waals surface area (Å²) in [5.74, 6) is 0.685. The molecule has 2 aromatic heterocycles. The normalized spacial score (nSPS) is 11.0. The van der Waals surface area contributed by atoms with Crippen molar-refractivity contribution in [2.75, 3.05) is 0 Å². The maximum atomic E-state index is 13.1. The predicted molar refractivity (Wildman–Crippen MR) is 115 cm³/mol. The van der Waals surface area contributed by atoms with Crippen molar-refractivity contribution in [1.82, 2.24) is 14.5 Å². The molecule has 0 N–H and O–H groups in total. The number of thioether (sulfide) groups is 1. The van der Waals surface area contributed by atoms with Crippen LogP contribution in [-0.4, -0.2) is 14.5 Å². The Labute approximate surface area is 168 Å². The van der Waals surface area contributed by atoms with Crippen molar-refractivity contribution < 1.29 is 0 Å². The van der Waals surface area contributed by atoms with Crippen molar-refractivity contribution in [3.8, 4) is 0 Å². The van der Waals surface area contributed by atoms with Crippen LogP contribution >= 0.6 is 11.8 Å². The first-order chi connectivity index (χ1) is 13.8. The lowest BCUT2D eigenvalue weighted by molar-refractivity contribution is 0.564. The van der Waals surface area contributed by atoms with Crippen molar-refractivity contribution in [2.45, 2.75) is 30.3 Å². The lowest BCUT2D eigenvalue weighted by Crippen LogP contribution is -2.23. The number of nitrogens with zero attached hydrogens (tertiary/aromatic N) is 3. The highest BCUT2D eigenvalue weighted by Crippen LogP contribution is 2.21. The number of hydrogen-bond donors (Lipinski definition) is 0. The zero-order chi connectivity index (χ0) is 19.2. The van der Waals surface area contributed by atoms with E-state index in [9.17, 15) is 4.79 Å². The van der Waals surface area contributed by atoms with Crippen molar-refractivity contribution in [1.29, 1.82) is 0 Å². The first kappa shape index (κ1) is 18.4. The summed E-state index contributed by atoms with van der Waals surface area (Å²) in [5, 5.41) is 1.42. The fourth-order valence-corrected chi connectivity index (χ4v) is 4.10. The van der Waals surface area contributed by atoms with E-state index in [1.54, 1.807) is 18.0 Å². The second-order valence-electron chi connectivity index (χ2n) is 6.57. The van der Waals surface area contributed by atoms with Gasteiger partial charge in [-0.25, -0.2) is 4.98 Å². The third-order valence-corrected chi connectivity index (χ3v) is 5.60. The number of aromatic nitrogens is 3. The van der Waals surface area contributed by atoms with E-state index in [-0.39, 0.29) is 5.56 Å². The highest BCUT2D eigenvalue weighted by Gasteiger charge is 2.12. The van der Waals surface area contributed by atoms with E-state index < -0.39 is 0 Å². The Morgan fingerprint density at radius 3 is 2.50 bits per heavy atom. The van der Waals surface area contributed by atoms with E-state index in [4.69, 9.17) is 4.98 Å². The highest BCUT2D eigenvalue weighted by molar-refractivity contribution is 7.98. The van der Waals surface area contributed by atoms with Gasteiger partial charge in [-0.05, 0) is 42.7 Å². The van der Waals surface area contributed by atoms with Gasteiger partial charge in [-0.1, -0.05) is 60.3 Å². The topological polar surface area (TPSA) is 47.8 Å². The molecule has 0 aliphatic carbocycles. The summed E-state index contributed by atoms with van der Waals surface area (Å²) in [6.07, 6.45) is 3.61. The smallest absolute Gasteiger partial charge is 0.262 e. The zero-order valence-corrected chi connectivity index (χ0v) is 16.3. The molecule has 140 valence electrons. The molecule has 0 bridgehead atoms. The van der Waals surface area contributed by atoms with Crippen molar-refractivity contribution in [3.63, 3.8) is 0 Å². The van der Waals surface area contributed by atoms with E-state index in [2.05, 4.69) is 17.1 Å². The van der Waals surface area contributed by atoms with Crippen LogP contribution in [0.15, 0.2) is 88.9 Å². The molecule has 0 unspecified atom stereocenters. The second kappa shape index (κ2) is 8.85. The van der Waals surface area contributed by atoms with Crippen LogP contribution in [0, 0.1) is 0 Å². The monoisotopic (exact) mass is 387 g/mol.